The van der Waals surface area contributed by atoms with E-state index in [1.54, 1.807) is 30.4 Å². The van der Waals surface area contributed by atoms with Crippen molar-refractivity contribution in [2.75, 3.05) is 27.7 Å². The summed E-state index contributed by atoms with van der Waals surface area (Å²) in [5, 5.41) is 19.9. The minimum Gasteiger partial charge on any atom is -0.457 e. The fourth-order valence-corrected chi connectivity index (χ4v) is 9.09. The molecule has 13 atom stereocenters. The molecule has 14 nitrogen and oxygen atoms in total. The van der Waals surface area contributed by atoms with Gasteiger partial charge in [-0.25, -0.2) is 4.79 Å². The van der Waals surface area contributed by atoms with E-state index < -0.39 is 71.5 Å². The summed E-state index contributed by atoms with van der Waals surface area (Å²) in [5.41, 5.74) is -0.473. The van der Waals surface area contributed by atoms with Gasteiger partial charge < -0.3 is 33.7 Å². The Morgan fingerprint density at radius 2 is 1.81 bits per heavy atom. The number of cyclic esters (lactones) is 1. The predicted molar refractivity (Wildman–Crippen MR) is 196 cm³/mol. The number of rotatable bonds is 9. The maximum Gasteiger partial charge on any atom is 0.431 e. The van der Waals surface area contributed by atoms with Gasteiger partial charge >= 0.3 is 12.1 Å². The van der Waals surface area contributed by atoms with E-state index in [4.69, 9.17) is 28.8 Å². The van der Waals surface area contributed by atoms with Gasteiger partial charge in [-0.1, -0.05) is 33.8 Å². The molecule has 0 radical (unpaired) electrons. The number of aliphatic hydroxyl groups excluding tert-OH is 1. The first-order valence-electron chi connectivity index (χ1n) is 19.2. The van der Waals surface area contributed by atoms with E-state index in [1.807, 2.05) is 71.9 Å². The van der Waals surface area contributed by atoms with Gasteiger partial charge in [0.15, 0.2) is 17.7 Å². The molecule has 14 heteroatoms. The maximum atomic E-state index is 14.3. The number of likely N-dealkylation sites (N-methyl/N-ethyl adjacent to an activating group) is 1. The number of aliphatic hydroxyl groups is 1. The molecule has 0 spiro atoms. The monoisotopic (exact) mass is 743 g/mol. The fraction of sp³-hybridized carbons (Fsp3) is 0.769. The van der Waals surface area contributed by atoms with E-state index in [0.29, 0.717) is 32.2 Å². The lowest BCUT2D eigenvalue weighted by Gasteiger charge is -2.49. The molecule has 3 fully saturated rings. The summed E-state index contributed by atoms with van der Waals surface area (Å²) in [7, 11) is 5.38. The van der Waals surface area contributed by atoms with Crippen LogP contribution in [0.5, 0.6) is 0 Å². The number of ketones is 1. The van der Waals surface area contributed by atoms with Crippen molar-refractivity contribution in [1.82, 2.24) is 20.0 Å². The molecular formula is C39H61N5O9. The molecular weight excluding hydrogens is 682 g/mol. The van der Waals surface area contributed by atoms with Crippen LogP contribution in [0.1, 0.15) is 86.6 Å². The van der Waals surface area contributed by atoms with E-state index in [0.717, 1.165) is 17.7 Å². The average Bonchev–Trinajstić information content (AvgIpc) is 3.41. The minimum absolute atomic E-state index is 0.219. The molecule has 5 heterocycles. The molecule has 1 aromatic heterocycles. The average molecular weight is 744 g/mol. The lowest BCUT2D eigenvalue weighted by Crippen LogP contribution is -2.63. The zero-order valence-corrected chi connectivity index (χ0v) is 33.4. The van der Waals surface area contributed by atoms with Crippen LogP contribution in [0.2, 0.25) is 0 Å². The normalized spacial score (nSPS) is 39.8. The Hall–Kier alpha value is -3.17. The number of amides is 1. The Kier molecular flexibility index (Phi) is 12.6. The summed E-state index contributed by atoms with van der Waals surface area (Å²) in [6.45, 7) is 15.3. The molecule has 1 amide bonds. The zero-order chi connectivity index (χ0) is 39.0. The van der Waals surface area contributed by atoms with Gasteiger partial charge in [-0.15, -0.1) is 0 Å². The smallest absolute Gasteiger partial charge is 0.431 e. The molecule has 0 saturated carbocycles. The van der Waals surface area contributed by atoms with Gasteiger partial charge in [0.05, 0.1) is 24.4 Å². The van der Waals surface area contributed by atoms with Crippen molar-refractivity contribution < 1.29 is 43.2 Å². The molecule has 4 aliphatic heterocycles. The van der Waals surface area contributed by atoms with E-state index in [2.05, 4.69) is 11.9 Å². The number of nitrogens with zero attached hydrogens (tertiary/aromatic N) is 5. The minimum atomic E-state index is -1.24. The molecule has 0 aromatic carbocycles. The maximum absolute atomic E-state index is 14.3. The van der Waals surface area contributed by atoms with Gasteiger partial charge in [-0.3, -0.25) is 14.6 Å². The molecule has 4 aliphatic rings. The van der Waals surface area contributed by atoms with Gasteiger partial charge in [-0.05, 0) is 91.4 Å². The second-order valence-electron chi connectivity index (χ2n) is 16.2. The molecule has 3 saturated heterocycles. The van der Waals surface area contributed by atoms with Crippen molar-refractivity contribution in [2.24, 2.45) is 28.8 Å². The number of hydrogen-bond donors (Lipinski definition) is 1. The highest BCUT2D eigenvalue weighted by Gasteiger charge is 2.63. The van der Waals surface area contributed by atoms with Crippen LogP contribution in [-0.2, 0) is 39.7 Å². The van der Waals surface area contributed by atoms with Crippen molar-refractivity contribution in [3.8, 4) is 0 Å². The zero-order valence-electron chi connectivity index (χ0n) is 33.4. The highest BCUT2D eigenvalue weighted by molar-refractivity contribution is 6.00. The van der Waals surface area contributed by atoms with E-state index >= 15 is 0 Å². The Morgan fingerprint density at radius 3 is 2.43 bits per heavy atom. The number of pyridine rings is 1. The number of Topliss-reactive ketones (excluding diaryl/α,β-unsaturated/α-hetero) is 1. The Labute approximate surface area is 314 Å². The number of carbonyl (C=O) groups is 3. The number of methoxy groups -OCH3 is 1. The van der Waals surface area contributed by atoms with Gasteiger partial charge in [-0.2, -0.15) is 15.2 Å². The molecule has 0 aliphatic carbocycles. The van der Waals surface area contributed by atoms with Crippen molar-refractivity contribution in [3.63, 3.8) is 0 Å². The van der Waals surface area contributed by atoms with Crippen LogP contribution >= 0.6 is 0 Å². The molecule has 53 heavy (non-hydrogen) atoms. The number of aromatic nitrogens is 1. The molecule has 1 aromatic rings. The number of esters is 1. The summed E-state index contributed by atoms with van der Waals surface area (Å²) in [4.78, 5) is 48.2. The second kappa shape index (κ2) is 16.3. The van der Waals surface area contributed by atoms with Gasteiger partial charge in [0, 0.05) is 43.1 Å². The van der Waals surface area contributed by atoms with E-state index in [1.165, 1.54) is 6.92 Å². The lowest BCUT2D eigenvalue weighted by molar-refractivity contribution is -0.295. The Bertz CT molecular complexity index is 1500. The van der Waals surface area contributed by atoms with E-state index in [9.17, 15) is 19.5 Å². The van der Waals surface area contributed by atoms with Gasteiger partial charge in [0.2, 0.25) is 0 Å². The third kappa shape index (κ3) is 7.98. The molecule has 5 rings (SSSR count). The molecule has 1 unspecified atom stereocenters. The third-order valence-corrected chi connectivity index (χ3v) is 12.1. The van der Waals surface area contributed by atoms with Crippen LogP contribution in [0.15, 0.2) is 29.6 Å². The SMILES string of the molecule is CC[C@H]1OC(=O)[C@@H](C)C(=O)[C@@H](C)[C@H](O[C@H]2O[C@@H](C)C[C@@H](N(C)C)[C@@H]2O)C(C)(OC)C[C@@H](C)C2=NN(CCCc3cccnc3)N3C(=O)O[C@@]1(C)[C@H]3[C@@H]2C. The first-order chi connectivity index (χ1) is 25.0. The molecule has 1 N–H and O–H groups in total. The Morgan fingerprint density at radius 1 is 1.09 bits per heavy atom. The van der Waals surface area contributed by atoms with Gasteiger partial charge in [0.25, 0.3) is 0 Å². The number of ether oxygens (including phenoxy) is 5. The Balaban J connectivity index is 1.58. The third-order valence-electron chi connectivity index (χ3n) is 12.1. The second-order valence-corrected chi connectivity index (χ2v) is 16.2. The summed E-state index contributed by atoms with van der Waals surface area (Å²) >= 11 is 0. The summed E-state index contributed by atoms with van der Waals surface area (Å²) in [6.07, 6.45) is 1.67. The number of hydrazine groups is 1. The van der Waals surface area contributed by atoms with Crippen molar-refractivity contribution in [1.29, 1.82) is 0 Å². The number of hydrazone groups is 1. The standard InChI is InChI=1S/C39H61N5O9/c1-12-29-39(8)33-24(4)30(41-43(44(33)37(48)53-39)18-14-16-27-15-13-17-40-21-27)22(2)20-38(7,49-11)34(25(5)31(45)26(6)35(47)51-29)52-36-32(46)28(42(9)10)19-23(3)50-36/h13,15,17,21-26,28-29,32-34,36,46H,12,14,16,18-20H2,1-11H3/t22-,23+,24-,25-,26+,28-,29-,32+,33-,34+,36-,38?,39-/m1/s1. The first-order valence-corrected chi connectivity index (χ1v) is 19.2. The van der Waals surface area contributed by atoms with Crippen molar-refractivity contribution in [3.05, 3.63) is 30.1 Å². The quantitative estimate of drug-likeness (QED) is 0.285. The lowest BCUT2D eigenvalue weighted by atomic mass is 9.73. The fourth-order valence-electron chi connectivity index (χ4n) is 9.09. The van der Waals surface area contributed by atoms with Crippen LogP contribution in [0.25, 0.3) is 0 Å². The van der Waals surface area contributed by atoms with Crippen LogP contribution in [0.3, 0.4) is 0 Å². The van der Waals surface area contributed by atoms with Crippen LogP contribution < -0.4 is 0 Å². The van der Waals surface area contributed by atoms with Gasteiger partial charge in [0.1, 0.15) is 24.2 Å². The number of aryl methyl sites for hydroxylation is 1. The number of fused-ring (bicyclic) bond motifs is 1. The summed E-state index contributed by atoms with van der Waals surface area (Å²) in [6, 6.07) is 3.12. The topological polar surface area (TPSA) is 153 Å². The summed E-state index contributed by atoms with van der Waals surface area (Å²) in [5.74, 6) is -3.70. The first kappa shape index (κ1) is 41.0. The number of hydrogen-bond acceptors (Lipinski definition) is 13. The van der Waals surface area contributed by atoms with Crippen LogP contribution in [0, 0.1) is 23.7 Å². The molecule has 296 valence electrons. The van der Waals surface area contributed by atoms with Crippen molar-refractivity contribution >= 4 is 23.6 Å². The highest BCUT2D eigenvalue weighted by atomic mass is 16.7. The number of carbonyl (C=O) groups excluding carboxylic acids is 3. The summed E-state index contributed by atoms with van der Waals surface area (Å²) < 4.78 is 31.6. The van der Waals surface area contributed by atoms with E-state index in [-0.39, 0.29) is 24.0 Å². The van der Waals surface area contributed by atoms with Crippen LogP contribution in [0.4, 0.5) is 4.79 Å². The largest absolute Gasteiger partial charge is 0.457 e. The highest BCUT2D eigenvalue weighted by Crippen LogP contribution is 2.45. The van der Waals surface area contributed by atoms with Crippen LogP contribution in [-0.4, -0.2) is 130 Å². The van der Waals surface area contributed by atoms with Crippen molar-refractivity contribution in [2.45, 2.75) is 141 Å². The predicted octanol–water partition coefficient (Wildman–Crippen LogP) is 4.24. The molecule has 2 bridgehead atoms.